The zero-order valence-electron chi connectivity index (χ0n) is 19.8. The standard InChI is InChI=1S/C29H29N3O3/c1-2-34-29(33)25(18-23-15-16-27(35-23)22-13-14-22)32-28-24(17-20-9-5-3-6-10-20)31-26(19-30-28)21-11-7-4-8-12-21/h3-12,15-16,19,22,25H,2,13-14,17-18H2,1H3,(H,30,32). The Bertz CT molecular complexity index is 1270. The van der Waals surface area contributed by atoms with Gasteiger partial charge in [0.1, 0.15) is 23.4 Å². The number of benzene rings is 2. The number of carbonyl (C=O) groups excluding carboxylic acids is 1. The molecule has 0 radical (unpaired) electrons. The molecule has 0 amide bonds. The number of ether oxygens (including phenoxy) is 1. The maximum atomic E-state index is 12.9. The second-order valence-corrected chi connectivity index (χ2v) is 8.81. The third kappa shape index (κ3) is 5.77. The van der Waals surface area contributed by atoms with E-state index in [2.05, 4.69) is 17.4 Å². The maximum Gasteiger partial charge on any atom is 0.329 e. The van der Waals surface area contributed by atoms with Gasteiger partial charge in [0, 0.05) is 24.3 Å². The zero-order chi connectivity index (χ0) is 24.0. The van der Waals surface area contributed by atoms with E-state index in [1.165, 1.54) is 12.8 Å². The molecule has 2 heterocycles. The van der Waals surface area contributed by atoms with Crippen LogP contribution in [0.2, 0.25) is 0 Å². The number of nitrogens with zero attached hydrogens (tertiary/aromatic N) is 2. The predicted octanol–water partition coefficient (Wildman–Crippen LogP) is 5.79. The van der Waals surface area contributed by atoms with Crippen LogP contribution >= 0.6 is 0 Å². The van der Waals surface area contributed by atoms with E-state index in [1.54, 1.807) is 6.20 Å². The molecule has 35 heavy (non-hydrogen) atoms. The van der Waals surface area contributed by atoms with Crippen molar-refractivity contribution in [2.75, 3.05) is 11.9 Å². The molecule has 6 heteroatoms. The molecule has 2 aromatic carbocycles. The summed E-state index contributed by atoms with van der Waals surface area (Å²) >= 11 is 0. The van der Waals surface area contributed by atoms with E-state index in [0.717, 1.165) is 34.0 Å². The number of carbonyl (C=O) groups is 1. The van der Waals surface area contributed by atoms with Gasteiger partial charge in [-0.1, -0.05) is 60.7 Å². The Morgan fingerprint density at radius 1 is 1.06 bits per heavy atom. The Kier molecular flexibility index (Phi) is 6.89. The highest BCUT2D eigenvalue weighted by Crippen LogP contribution is 2.40. The fourth-order valence-corrected chi connectivity index (χ4v) is 4.10. The van der Waals surface area contributed by atoms with Gasteiger partial charge in [0.15, 0.2) is 0 Å². The molecule has 1 aliphatic rings. The molecule has 2 aromatic heterocycles. The first-order valence-corrected chi connectivity index (χ1v) is 12.2. The van der Waals surface area contributed by atoms with E-state index in [0.29, 0.717) is 31.2 Å². The van der Waals surface area contributed by atoms with Crippen molar-refractivity contribution in [3.05, 3.63) is 102 Å². The van der Waals surface area contributed by atoms with Crippen molar-refractivity contribution in [1.82, 2.24) is 9.97 Å². The molecule has 1 atom stereocenters. The predicted molar refractivity (Wildman–Crippen MR) is 135 cm³/mol. The summed E-state index contributed by atoms with van der Waals surface area (Å²) in [5.41, 5.74) is 3.66. The highest BCUT2D eigenvalue weighted by Gasteiger charge is 2.29. The topological polar surface area (TPSA) is 77.2 Å². The summed E-state index contributed by atoms with van der Waals surface area (Å²) in [4.78, 5) is 22.5. The van der Waals surface area contributed by atoms with E-state index in [4.69, 9.17) is 19.1 Å². The first kappa shape index (κ1) is 22.8. The van der Waals surface area contributed by atoms with Gasteiger partial charge in [-0.2, -0.15) is 0 Å². The second-order valence-electron chi connectivity index (χ2n) is 8.81. The Labute approximate surface area is 205 Å². The van der Waals surface area contributed by atoms with E-state index in [-0.39, 0.29) is 5.97 Å². The minimum atomic E-state index is -0.639. The lowest BCUT2D eigenvalue weighted by Crippen LogP contribution is -2.34. The van der Waals surface area contributed by atoms with Gasteiger partial charge < -0.3 is 14.5 Å². The van der Waals surface area contributed by atoms with Crippen molar-refractivity contribution in [3.8, 4) is 11.3 Å². The molecule has 1 fully saturated rings. The van der Waals surface area contributed by atoms with Crippen LogP contribution in [0.25, 0.3) is 11.3 Å². The van der Waals surface area contributed by atoms with Gasteiger partial charge in [-0.15, -0.1) is 0 Å². The van der Waals surface area contributed by atoms with Crippen molar-refractivity contribution in [3.63, 3.8) is 0 Å². The number of aromatic nitrogens is 2. The van der Waals surface area contributed by atoms with Crippen molar-refractivity contribution >= 4 is 11.8 Å². The highest BCUT2D eigenvalue weighted by atomic mass is 16.5. The first-order chi connectivity index (χ1) is 17.2. The largest absolute Gasteiger partial charge is 0.466 e. The number of esters is 1. The van der Waals surface area contributed by atoms with Gasteiger partial charge in [-0.3, -0.25) is 0 Å². The fraction of sp³-hybridized carbons (Fsp3) is 0.276. The number of anilines is 1. The summed E-state index contributed by atoms with van der Waals surface area (Å²) in [5.74, 6) is 2.51. The molecule has 1 saturated carbocycles. The van der Waals surface area contributed by atoms with Gasteiger partial charge in [-0.05, 0) is 37.5 Å². The number of nitrogens with one attached hydrogen (secondary N) is 1. The molecular weight excluding hydrogens is 438 g/mol. The average Bonchev–Trinajstić information content (AvgIpc) is 3.64. The van der Waals surface area contributed by atoms with Crippen LogP contribution in [0.3, 0.4) is 0 Å². The van der Waals surface area contributed by atoms with Crippen molar-refractivity contribution in [2.45, 2.75) is 44.6 Å². The first-order valence-electron chi connectivity index (χ1n) is 12.2. The van der Waals surface area contributed by atoms with Crippen LogP contribution in [0.5, 0.6) is 0 Å². The van der Waals surface area contributed by atoms with Crippen LogP contribution in [0.15, 0.2) is 83.4 Å². The van der Waals surface area contributed by atoms with Gasteiger partial charge in [0.25, 0.3) is 0 Å². The lowest BCUT2D eigenvalue weighted by molar-refractivity contribution is -0.144. The molecule has 6 nitrogen and oxygen atoms in total. The summed E-state index contributed by atoms with van der Waals surface area (Å²) in [5, 5.41) is 3.33. The monoisotopic (exact) mass is 467 g/mol. The maximum absolute atomic E-state index is 12.9. The van der Waals surface area contributed by atoms with Gasteiger partial charge in [0.2, 0.25) is 0 Å². The summed E-state index contributed by atoms with van der Waals surface area (Å²) in [6.07, 6.45) is 5.03. The SMILES string of the molecule is CCOC(=O)C(Cc1ccc(C2CC2)o1)Nc1ncc(-c2ccccc2)nc1Cc1ccccc1. The van der Waals surface area contributed by atoms with Gasteiger partial charge in [-0.25, -0.2) is 14.8 Å². The summed E-state index contributed by atoms with van der Waals surface area (Å²) < 4.78 is 11.4. The number of hydrogen-bond donors (Lipinski definition) is 1. The number of furan rings is 1. The van der Waals surface area contributed by atoms with Crippen LogP contribution in [0, 0.1) is 0 Å². The molecule has 0 aliphatic heterocycles. The van der Waals surface area contributed by atoms with E-state index < -0.39 is 6.04 Å². The molecule has 0 bridgehead atoms. The molecule has 178 valence electrons. The van der Waals surface area contributed by atoms with Crippen molar-refractivity contribution in [1.29, 1.82) is 0 Å². The molecule has 5 rings (SSSR count). The van der Waals surface area contributed by atoms with Crippen LogP contribution in [-0.2, 0) is 22.4 Å². The molecule has 1 aliphatic carbocycles. The van der Waals surface area contributed by atoms with Crippen LogP contribution < -0.4 is 5.32 Å². The molecule has 4 aromatic rings. The quantitative estimate of drug-likeness (QED) is 0.298. The highest BCUT2D eigenvalue weighted by molar-refractivity contribution is 5.79. The fourth-order valence-electron chi connectivity index (χ4n) is 4.10. The smallest absolute Gasteiger partial charge is 0.329 e. The molecule has 1 unspecified atom stereocenters. The number of rotatable bonds is 10. The lowest BCUT2D eigenvalue weighted by atomic mass is 10.1. The van der Waals surface area contributed by atoms with Crippen molar-refractivity contribution in [2.24, 2.45) is 0 Å². The van der Waals surface area contributed by atoms with E-state index in [9.17, 15) is 4.79 Å². The van der Waals surface area contributed by atoms with Crippen molar-refractivity contribution < 1.29 is 13.9 Å². The van der Waals surface area contributed by atoms with Crippen LogP contribution in [0.1, 0.15) is 48.5 Å². The van der Waals surface area contributed by atoms with Gasteiger partial charge in [0.05, 0.1) is 24.2 Å². The van der Waals surface area contributed by atoms with Crippen LogP contribution in [0.4, 0.5) is 5.82 Å². The molecular formula is C29H29N3O3. The third-order valence-electron chi connectivity index (χ3n) is 6.08. The minimum absolute atomic E-state index is 0.304. The minimum Gasteiger partial charge on any atom is -0.466 e. The molecule has 0 saturated heterocycles. The Balaban J connectivity index is 1.45. The summed E-state index contributed by atoms with van der Waals surface area (Å²) in [6, 6.07) is 23.4. The molecule has 1 N–H and O–H groups in total. The zero-order valence-corrected chi connectivity index (χ0v) is 19.8. The van der Waals surface area contributed by atoms with Gasteiger partial charge >= 0.3 is 5.97 Å². The second kappa shape index (κ2) is 10.6. The summed E-state index contributed by atoms with van der Waals surface area (Å²) in [6.45, 7) is 2.11. The normalized spacial score (nSPS) is 13.9. The molecule has 0 spiro atoms. The summed E-state index contributed by atoms with van der Waals surface area (Å²) in [7, 11) is 0. The Morgan fingerprint density at radius 3 is 2.51 bits per heavy atom. The van der Waals surface area contributed by atoms with Crippen LogP contribution in [-0.4, -0.2) is 28.6 Å². The Morgan fingerprint density at radius 2 is 1.80 bits per heavy atom. The number of hydrogen-bond acceptors (Lipinski definition) is 6. The van der Waals surface area contributed by atoms with E-state index in [1.807, 2.05) is 67.6 Å². The Hall–Kier alpha value is -3.93. The average molecular weight is 468 g/mol. The third-order valence-corrected chi connectivity index (χ3v) is 6.08. The van der Waals surface area contributed by atoms with E-state index >= 15 is 0 Å². The lowest BCUT2D eigenvalue weighted by Gasteiger charge is -2.19.